The molecule has 1 unspecified atom stereocenters. The number of nitrogens with zero attached hydrogens (tertiary/aromatic N) is 1. The predicted molar refractivity (Wildman–Crippen MR) is 125 cm³/mol. The molecule has 0 saturated heterocycles. The number of aliphatic hydroxyl groups excluding tert-OH is 1. The largest absolute Gasteiger partial charge is 0.508 e. The van der Waals surface area contributed by atoms with Crippen molar-refractivity contribution in [2.75, 3.05) is 33.7 Å². The van der Waals surface area contributed by atoms with Crippen molar-refractivity contribution in [3.05, 3.63) is 65.2 Å². The Labute approximate surface area is 186 Å². The second-order valence-corrected chi connectivity index (χ2v) is 9.05. The van der Waals surface area contributed by atoms with E-state index in [-0.39, 0.29) is 17.2 Å². The fourth-order valence-corrected chi connectivity index (χ4v) is 3.48. The first-order chi connectivity index (χ1) is 14.6. The molecule has 0 saturated carbocycles. The van der Waals surface area contributed by atoms with Crippen LogP contribution in [0.25, 0.3) is 0 Å². The zero-order valence-corrected chi connectivity index (χ0v) is 19.2. The van der Waals surface area contributed by atoms with E-state index in [9.17, 15) is 15.0 Å². The Balaban J connectivity index is 1.84. The molecule has 6 heteroatoms. The number of hydrogen-bond acceptors (Lipinski definition) is 5. The maximum Gasteiger partial charge on any atom is 0.224 e. The third-order valence-electron chi connectivity index (χ3n) is 5.16. The van der Waals surface area contributed by atoms with Gasteiger partial charge in [0.2, 0.25) is 5.91 Å². The van der Waals surface area contributed by atoms with Crippen molar-refractivity contribution in [1.82, 2.24) is 15.5 Å². The molecule has 1 amide bonds. The van der Waals surface area contributed by atoms with Crippen LogP contribution in [0.1, 0.15) is 43.1 Å². The molecule has 0 aromatic heterocycles. The van der Waals surface area contributed by atoms with Gasteiger partial charge in [-0.25, -0.2) is 0 Å². The van der Waals surface area contributed by atoms with Crippen molar-refractivity contribution in [1.29, 1.82) is 0 Å². The first kappa shape index (κ1) is 24.9. The number of carbonyl (C=O) groups excluding carboxylic acids is 1. The Kier molecular flexibility index (Phi) is 9.49. The van der Waals surface area contributed by atoms with Crippen LogP contribution in [-0.4, -0.2) is 60.3 Å². The number of aromatic hydroxyl groups is 1. The summed E-state index contributed by atoms with van der Waals surface area (Å²) in [6, 6.07) is 14.7. The fraction of sp³-hybridized carbons (Fsp3) is 0.480. The van der Waals surface area contributed by atoms with Gasteiger partial charge in [-0.2, -0.15) is 0 Å². The lowest BCUT2D eigenvalue weighted by Crippen LogP contribution is -2.43. The van der Waals surface area contributed by atoms with Crippen molar-refractivity contribution >= 4 is 5.91 Å². The van der Waals surface area contributed by atoms with Crippen molar-refractivity contribution in [3.8, 4) is 5.75 Å². The summed E-state index contributed by atoms with van der Waals surface area (Å²) in [6.45, 7) is 6.25. The lowest BCUT2D eigenvalue weighted by molar-refractivity contribution is -0.120. The molecule has 31 heavy (non-hydrogen) atoms. The molecule has 0 heterocycles. The molecule has 0 fully saturated rings. The number of phenols is 1. The van der Waals surface area contributed by atoms with Crippen LogP contribution in [0.5, 0.6) is 5.75 Å². The van der Waals surface area contributed by atoms with Gasteiger partial charge < -0.3 is 25.7 Å². The highest BCUT2D eigenvalue weighted by Gasteiger charge is 2.20. The van der Waals surface area contributed by atoms with E-state index >= 15 is 0 Å². The summed E-state index contributed by atoms with van der Waals surface area (Å²) in [5.41, 5.74) is 2.68. The molecule has 0 bridgehead atoms. The van der Waals surface area contributed by atoms with Crippen molar-refractivity contribution in [2.45, 2.75) is 44.8 Å². The zero-order chi connectivity index (χ0) is 22.9. The van der Waals surface area contributed by atoms with Crippen LogP contribution in [-0.2, 0) is 17.6 Å². The molecule has 2 aromatic carbocycles. The quantitative estimate of drug-likeness (QED) is 0.392. The smallest absolute Gasteiger partial charge is 0.224 e. The maximum absolute atomic E-state index is 12.2. The van der Waals surface area contributed by atoms with E-state index in [0.717, 1.165) is 36.1 Å². The molecular weight excluding hydrogens is 390 g/mol. The van der Waals surface area contributed by atoms with E-state index < -0.39 is 6.10 Å². The number of benzene rings is 2. The van der Waals surface area contributed by atoms with E-state index in [1.54, 1.807) is 24.3 Å². The summed E-state index contributed by atoms with van der Waals surface area (Å²) in [6.07, 6.45) is 1.44. The first-order valence-corrected chi connectivity index (χ1v) is 10.9. The van der Waals surface area contributed by atoms with Gasteiger partial charge in [-0.3, -0.25) is 4.79 Å². The van der Waals surface area contributed by atoms with Crippen LogP contribution in [0, 0.1) is 0 Å². The van der Waals surface area contributed by atoms with Crippen LogP contribution in [0.3, 0.4) is 0 Å². The fourth-order valence-electron chi connectivity index (χ4n) is 3.48. The normalized spacial score (nSPS) is 12.7. The number of carbonyl (C=O) groups is 1. The van der Waals surface area contributed by atoms with E-state index in [4.69, 9.17) is 0 Å². The minimum Gasteiger partial charge on any atom is -0.508 e. The minimum atomic E-state index is -0.651. The number of aliphatic hydroxyl groups is 1. The summed E-state index contributed by atoms with van der Waals surface area (Å²) in [5, 5.41) is 26.2. The zero-order valence-electron chi connectivity index (χ0n) is 19.2. The molecule has 4 N–H and O–H groups in total. The number of β-amino-alcohol motifs (C(OH)–C–C–N with tert-alkyl or cyclic N) is 1. The second kappa shape index (κ2) is 11.8. The Morgan fingerprint density at radius 2 is 1.77 bits per heavy atom. The van der Waals surface area contributed by atoms with Crippen LogP contribution in [0.15, 0.2) is 48.5 Å². The molecule has 0 aliphatic heterocycles. The van der Waals surface area contributed by atoms with Gasteiger partial charge in [0, 0.05) is 18.6 Å². The van der Waals surface area contributed by atoms with E-state index in [1.165, 1.54) is 0 Å². The maximum atomic E-state index is 12.2. The molecule has 170 valence electrons. The highest BCUT2D eigenvalue weighted by atomic mass is 16.3. The van der Waals surface area contributed by atoms with Crippen molar-refractivity contribution < 1.29 is 15.0 Å². The average Bonchev–Trinajstić information content (AvgIpc) is 2.70. The molecule has 0 aliphatic carbocycles. The summed E-state index contributed by atoms with van der Waals surface area (Å²) in [5.74, 6) is 0.233. The van der Waals surface area contributed by atoms with Gasteiger partial charge in [-0.1, -0.05) is 36.4 Å². The summed E-state index contributed by atoms with van der Waals surface area (Å²) in [7, 11) is 4.05. The van der Waals surface area contributed by atoms with Gasteiger partial charge in [0.1, 0.15) is 5.75 Å². The van der Waals surface area contributed by atoms with Gasteiger partial charge in [0.05, 0.1) is 12.5 Å². The molecule has 6 nitrogen and oxygen atoms in total. The minimum absolute atomic E-state index is 0.0466. The van der Waals surface area contributed by atoms with Crippen molar-refractivity contribution in [2.24, 2.45) is 0 Å². The predicted octanol–water partition coefficient (Wildman–Crippen LogP) is 2.65. The van der Waals surface area contributed by atoms with Crippen LogP contribution >= 0.6 is 0 Å². The van der Waals surface area contributed by atoms with Gasteiger partial charge in [-0.05, 0) is 76.2 Å². The van der Waals surface area contributed by atoms with Crippen LogP contribution in [0.2, 0.25) is 0 Å². The van der Waals surface area contributed by atoms with Gasteiger partial charge >= 0.3 is 0 Å². The Hall–Kier alpha value is -2.41. The highest BCUT2D eigenvalue weighted by Crippen LogP contribution is 2.19. The molecule has 2 rings (SSSR count). The third kappa shape index (κ3) is 9.51. The van der Waals surface area contributed by atoms with Crippen LogP contribution < -0.4 is 10.6 Å². The SMILES string of the molecule is CN(C)CCCNC(=O)Cc1cccc(CC(C)(C)NCC(O)c2ccc(O)cc2)c1. The molecule has 0 aliphatic rings. The molecule has 1 atom stereocenters. The number of rotatable bonds is 12. The third-order valence-corrected chi connectivity index (χ3v) is 5.16. The van der Waals surface area contributed by atoms with E-state index in [0.29, 0.717) is 19.5 Å². The summed E-state index contributed by atoms with van der Waals surface area (Å²) >= 11 is 0. The van der Waals surface area contributed by atoms with Gasteiger partial charge in [0.25, 0.3) is 0 Å². The Morgan fingerprint density at radius 1 is 1.10 bits per heavy atom. The molecule has 2 aromatic rings. The van der Waals surface area contributed by atoms with Gasteiger partial charge in [-0.15, -0.1) is 0 Å². The standard InChI is InChI=1S/C25H37N3O3/c1-25(2,27-18-23(30)21-9-11-22(29)12-10-21)17-20-8-5-7-19(15-20)16-24(31)26-13-6-14-28(3)4/h5,7-12,15,23,27,29-30H,6,13-14,16-18H2,1-4H3,(H,26,31). The summed E-state index contributed by atoms with van der Waals surface area (Å²) in [4.78, 5) is 14.3. The summed E-state index contributed by atoms with van der Waals surface area (Å²) < 4.78 is 0. The van der Waals surface area contributed by atoms with Crippen LogP contribution in [0.4, 0.5) is 0 Å². The van der Waals surface area contributed by atoms with E-state index in [2.05, 4.69) is 41.5 Å². The Morgan fingerprint density at radius 3 is 2.45 bits per heavy atom. The first-order valence-electron chi connectivity index (χ1n) is 10.9. The number of amides is 1. The lowest BCUT2D eigenvalue weighted by atomic mass is 9.93. The molecule has 0 spiro atoms. The average molecular weight is 428 g/mol. The molecule has 0 radical (unpaired) electrons. The number of phenolic OH excluding ortho intramolecular Hbond substituents is 1. The second-order valence-electron chi connectivity index (χ2n) is 9.05. The monoisotopic (exact) mass is 427 g/mol. The lowest BCUT2D eigenvalue weighted by Gasteiger charge is -2.28. The Bertz CT molecular complexity index is 819. The topological polar surface area (TPSA) is 84.8 Å². The van der Waals surface area contributed by atoms with E-state index in [1.807, 2.05) is 26.2 Å². The number of nitrogens with one attached hydrogen (secondary N) is 2. The van der Waals surface area contributed by atoms with Gasteiger partial charge in [0.15, 0.2) is 0 Å². The van der Waals surface area contributed by atoms with Crippen molar-refractivity contribution in [3.63, 3.8) is 0 Å². The highest BCUT2D eigenvalue weighted by molar-refractivity contribution is 5.78. The molecular formula is C25H37N3O3. The number of hydrogen-bond donors (Lipinski definition) is 4.